The summed E-state index contributed by atoms with van der Waals surface area (Å²) in [5.74, 6) is 3.30. The van der Waals surface area contributed by atoms with Gasteiger partial charge >= 0.3 is 0 Å². The molecule has 0 bridgehead atoms. The van der Waals surface area contributed by atoms with E-state index in [1.54, 1.807) is 12.4 Å². The summed E-state index contributed by atoms with van der Waals surface area (Å²) in [6, 6.07) is 7.64. The number of rotatable bonds is 1. The first-order chi connectivity index (χ1) is 7.29. The molecule has 2 nitrogen and oxygen atoms in total. The van der Waals surface area contributed by atoms with Crippen molar-refractivity contribution in [1.82, 2.24) is 9.97 Å². The molecule has 0 saturated carbocycles. The second-order valence-corrected chi connectivity index (χ2v) is 3.31. The molecule has 0 aliphatic rings. The number of aromatic nitrogens is 2. The third kappa shape index (κ3) is 2.03. The fourth-order valence-corrected chi connectivity index (χ4v) is 1.26. The maximum Gasteiger partial charge on any atom is 0.159 e. The summed E-state index contributed by atoms with van der Waals surface area (Å²) >= 11 is 0. The number of terminal acetylenes is 1. The molecule has 1 aromatic heterocycles. The molecule has 0 atom stereocenters. The summed E-state index contributed by atoms with van der Waals surface area (Å²) in [7, 11) is 0. The Morgan fingerprint density at radius 2 is 1.67 bits per heavy atom. The molecule has 1 heterocycles. The van der Waals surface area contributed by atoms with E-state index in [0.29, 0.717) is 0 Å². The Morgan fingerprint density at radius 3 is 2.20 bits per heavy atom. The van der Waals surface area contributed by atoms with Crippen molar-refractivity contribution in [3.8, 4) is 23.7 Å². The number of hydrogen-bond donors (Lipinski definition) is 0. The van der Waals surface area contributed by atoms with Crippen LogP contribution in [-0.4, -0.2) is 9.97 Å². The first kappa shape index (κ1) is 9.42. The average molecular weight is 194 g/mol. The minimum atomic E-state index is 0.726. The van der Waals surface area contributed by atoms with Gasteiger partial charge in [0.2, 0.25) is 0 Å². The molecular weight excluding hydrogens is 184 g/mol. The van der Waals surface area contributed by atoms with E-state index in [9.17, 15) is 0 Å². The van der Waals surface area contributed by atoms with E-state index in [2.05, 4.69) is 15.9 Å². The number of nitrogens with zero attached hydrogens (tertiary/aromatic N) is 2. The highest BCUT2D eigenvalue weighted by Crippen LogP contribution is 2.14. The molecule has 2 aromatic rings. The Morgan fingerprint density at radius 1 is 1.07 bits per heavy atom. The lowest BCUT2D eigenvalue weighted by Crippen LogP contribution is -1.88. The molecule has 72 valence electrons. The van der Waals surface area contributed by atoms with Gasteiger partial charge in [0, 0.05) is 23.5 Å². The Balaban J connectivity index is 2.38. The molecular formula is C13H10N2. The Hall–Kier alpha value is -2.14. The third-order valence-corrected chi connectivity index (χ3v) is 2.09. The molecule has 2 heteroatoms. The maximum absolute atomic E-state index is 5.28. The zero-order chi connectivity index (χ0) is 10.7. The second kappa shape index (κ2) is 3.93. The molecule has 0 aliphatic carbocycles. The molecule has 0 unspecified atom stereocenters. The van der Waals surface area contributed by atoms with Gasteiger partial charge in [-0.05, 0) is 36.8 Å². The van der Waals surface area contributed by atoms with E-state index in [1.807, 2.05) is 31.2 Å². The van der Waals surface area contributed by atoms with Crippen molar-refractivity contribution in [2.45, 2.75) is 6.92 Å². The highest BCUT2D eigenvalue weighted by Gasteiger charge is 1.99. The lowest BCUT2D eigenvalue weighted by atomic mass is 10.1. The summed E-state index contributed by atoms with van der Waals surface area (Å²) in [6.45, 7) is 1.96. The molecule has 0 amide bonds. The van der Waals surface area contributed by atoms with Crippen LogP contribution in [0.4, 0.5) is 0 Å². The average Bonchev–Trinajstić information content (AvgIpc) is 2.30. The van der Waals surface area contributed by atoms with Gasteiger partial charge in [-0.1, -0.05) is 5.92 Å². The number of aryl methyl sites for hydroxylation is 1. The van der Waals surface area contributed by atoms with E-state index in [-0.39, 0.29) is 0 Å². The van der Waals surface area contributed by atoms with Crippen molar-refractivity contribution in [3.05, 3.63) is 47.8 Å². The standard InChI is InChI=1S/C13H10N2/c1-3-11-4-6-12(7-5-11)13-14-8-10(2)9-15-13/h1,4-9H,2H3. The Bertz CT molecular complexity index is 490. The van der Waals surface area contributed by atoms with Crippen LogP contribution in [0.2, 0.25) is 0 Å². The van der Waals surface area contributed by atoms with Crippen LogP contribution in [-0.2, 0) is 0 Å². The molecule has 0 aliphatic heterocycles. The van der Waals surface area contributed by atoms with Crippen LogP contribution < -0.4 is 0 Å². The quantitative estimate of drug-likeness (QED) is 0.651. The SMILES string of the molecule is C#Cc1ccc(-c2ncc(C)cn2)cc1. The van der Waals surface area contributed by atoms with Crippen LogP contribution in [0.25, 0.3) is 11.4 Å². The van der Waals surface area contributed by atoms with Crippen molar-refractivity contribution in [2.24, 2.45) is 0 Å². The highest BCUT2D eigenvalue weighted by molar-refractivity contribution is 5.56. The second-order valence-electron chi connectivity index (χ2n) is 3.31. The molecule has 0 spiro atoms. The van der Waals surface area contributed by atoms with Crippen LogP contribution in [0.15, 0.2) is 36.7 Å². The fourth-order valence-electron chi connectivity index (χ4n) is 1.26. The summed E-state index contributed by atoms with van der Waals surface area (Å²) < 4.78 is 0. The smallest absolute Gasteiger partial charge is 0.159 e. The topological polar surface area (TPSA) is 25.8 Å². The zero-order valence-electron chi connectivity index (χ0n) is 8.44. The van der Waals surface area contributed by atoms with Gasteiger partial charge in [-0.3, -0.25) is 0 Å². The maximum atomic E-state index is 5.28. The fraction of sp³-hybridized carbons (Fsp3) is 0.0769. The molecule has 0 N–H and O–H groups in total. The van der Waals surface area contributed by atoms with E-state index in [4.69, 9.17) is 6.42 Å². The lowest BCUT2D eigenvalue weighted by Gasteiger charge is -1.99. The molecule has 1 aromatic carbocycles. The predicted octanol–water partition coefficient (Wildman–Crippen LogP) is 2.43. The molecule has 0 radical (unpaired) electrons. The minimum absolute atomic E-state index is 0.726. The van der Waals surface area contributed by atoms with Crippen LogP contribution in [0.5, 0.6) is 0 Å². The van der Waals surface area contributed by atoms with Crippen LogP contribution >= 0.6 is 0 Å². The number of benzene rings is 1. The summed E-state index contributed by atoms with van der Waals surface area (Å²) in [6.07, 6.45) is 8.88. The van der Waals surface area contributed by atoms with Gasteiger partial charge in [-0.15, -0.1) is 6.42 Å². The first-order valence-corrected chi connectivity index (χ1v) is 4.65. The van der Waals surface area contributed by atoms with Gasteiger partial charge in [-0.2, -0.15) is 0 Å². The van der Waals surface area contributed by atoms with Gasteiger partial charge < -0.3 is 0 Å². The van der Waals surface area contributed by atoms with Crippen LogP contribution in [0.3, 0.4) is 0 Å². The van der Waals surface area contributed by atoms with E-state index in [1.165, 1.54) is 0 Å². The van der Waals surface area contributed by atoms with Gasteiger partial charge in [0.05, 0.1) is 0 Å². The summed E-state index contributed by atoms with van der Waals surface area (Å²) in [5.41, 5.74) is 2.90. The van der Waals surface area contributed by atoms with Crippen molar-refractivity contribution in [2.75, 3.05) is 0 Å². The molecule has 0 saturated heterocycles. The Labute approximate surface area is 89.0 Å². The predicted molar refractivity (Wildman–Crippen MR) is 60.1 cm³/mol. The van der Waals surface area contributed by atoms with Crippen LogP contribution in [0.1, 0.15) is 11.1 Å². The molecule has 2 rings (SSSR count). The summed E-state index contributed by atoms with van der Waals surface area (Å²) in [4.78, 5) is 8.48. The van der Waals surface area contributed by atoms with Crippen molar-refractivity contribution in [1.29, 1.82) is 0 Å². The van der Waals surface area contributed by atoms with Crippen molar-refractivity contribution < 1.29 is 0 Å². The van der Waals surface area contributed by atoms with Crippen molar-refractivity contribution in [3.63, 3.8) is 0 Å². The molecule has 15 heavy (non-hydrogen) atoms. The summed E-state index contributed by atoms with van der Waals surface area (Å²) in [5, 5.41) is 0. The van der Waals surface area contributed by atoms with Gasteiger partial charge in [0.1, 0.15) is 0 Å². The van der Waals surface area contributed by atoms with Gasteiger partial charge in [-0.25, -0.2) is 9.97 Å². The van der Waals surface area contributed by atoms with Gasteiger partial charge in [0.15, 0.2) is 5.82 Å². The lowest BCUT2D eigenvalue weighted by molar-refractivity contribution is 1.14. The van der Waals surface area contributed by atoms with Crippen LogP contribution in [0, 0.1) is 19.3 Å². The third-order valence-electron chi connectivity index (χ3n) is 2.09. The van der Waals surface area contributed by atoms with Crippen molar-refractivity contribution >= 4 is 0 Å². The zero-order valence-corrected chi connectivity index (χ0v) is 8.44. The van der Waals surface area contributed by atoms with E-state index >= 15 is 0 Å². The Kier molecular flexibility index (Phi) is 2.47. The van der Waals surface area contributed by atoms with E-state index < -0.39 is 0 Å². The first-order valence-electron chi connectivity index (χ1n) is 4.65. The number of hydrogen-bond acceptors (Lipinski definition) is 2. The van der Waals surface area contributed by atoms with E-state index in [0.717, 1.165) is 22.5 Å². The van der Waals surface area contributed by atoms with Gasteiger partial charge in [0.25, 0.3) is 0 Å². The minimum Gasteiger partial charge on any atom is -0.236 e. The molecule has 0 fully saturated rings. The normalized spacial score (nSPS) is 9.60. The highest BCUT2D eigenvalue weighted by atomic mass is 14.9. The monoisotopic (exact) mass is 194 g/mol. The largest absolute Gasteiger partial charge is 0.236 e.